The van der Waals surface area contributed by atoms with Gasteiger partial charge in [-0.05, 0) is 32.6 Å². The fraction of sp³-hybridized carbons (Fsp3) is 0.750. The van der Waals surface area contributed by atoms with Crippen LogP contribution in [0.5, 0.6) is 0 Å². The minimum Gasteiger partial charge on any atom is -0.465 e. The zero-order valence-electron chi connectivity index (χ0n) is 9.21. The first-order valence-corrected chi connectivity index (χ1v) is 5.43. The second kappa shape index (κ2) is 4.63. The van der Waals surface area contributed by atoms with Gasteiger partial charge in [0.2, 0.25) is 0 Å². The van der Waals surface area contributed by atoms with Crippen molar-refractivity contribution >= 4 is 5.97 Å². The minimum atomic E-state index is -0.474. The summed E-state index contributed by atoms with van der Waals surface area (Å²) in [6.07, 6.45) is 6.39. The summed E-state index contributed by atoms with van der Waals surface area (Å²) in [4.78, 5) is 11.6. The molecule has 80 valence electrons. The Kier molecular flexibility index (Phi) is 3.73. The van der Waals surface area contributed by atoms with Crippen LogP contribution >= 0.6 is 0 Å². The molecule has 1 aliphatic carbocycles. The van der Waals surface area contributed by atoms with Crippen molar-refractivity contribution in [2.75, 3.05) is 6.61 Å². The average Bonchev–Trinajstić information content (AvgIpc) is 2.98. The highest BCUT2D eigenvalue weighted by Crippen LogP contribution is 2.38. The quantitative estimate of drug-likeness (QED) is 0.482. The third kappa shape index (κ3) is 2.86. The van der Waals surface area contributed by atoms with Crippen LogP contribution in [0.3, 0.4) is 0 Å². The first kappa shape index (κ1) is 11.3. The number of carbonyl (C=O) groups excluding carboxylic acids is 1. The molecule has 0 aliphatic heterocycles. The molecule has 1 saturated carbocycles. The van der Waals surface area contributed by atoms with E-state index in [2.05, 4.69) is 6.58 Å². The summed E-state index contributed by atoms with van der Waals surface area (Å²) >= 11 is 0. The lowest BCUT2D eigenvalue weighted by molar-refractivity contribution is -0.152. The highest BCUT2D eigenvalue weighted by atomic mass is 16.5. The molecule has 1 aliphatic rings. The van der Waals surface area contributed by atoms with E-state index in [1.165, 1.54) is 12.8 Å². The van der Waals surface area contributed by atoms with Gasteiger partial charge in [-0.3, -0.25) is 4.79 Å². The molecule has 0 heterocycles. The Balaban J connectivity index is 2.44. The zero-order valence-corrected chi connectivity index (χ0v) is 9.21. The number of esters is 1. The van der Waals surface area contributed by atoms with Gasteiger partial charge in [0.05, 0.1) is 12.0 Å². The zero-order chi connectivity index (χ0) is 10.6. The van der Waals surface area contributed by atoms with Crippen LogP contribution in [0.25, 0.3) is 0 Å². The van der Waals surface area contributed by atoms with E-state index >= 15 is 0 Å². The number of rotatable bonds is 6. The molecule has 1 atom stereocenters. The molecule has 14 heavy (non-hydrogen) atoms. The Labute approximate surface area is 86.3 Å². The third-order valence-electron chi connectivity index (χ3n) is 2.96. The van der Waals surface area contributed by atoms with Gasteiger partial charge in [-0.25, -0.2) is 0 Å². The Morgan fingerprint density at radius 3 is 2.71 bits per heavy atom. The van der Waals surface area contributed by atoms with Crippen molar-refractivity contribution < 1.29 is 9.53 Å². The molecular formula is C12H20O2. The van der Waals surface area contributed by atoms with E-state index in [1.807, 2.05) is 13.8 Å². The van der Waals surface area contributed by atoms with E-state index in [4.69, 9.17) is 4.74 Å². The molecule has 0 spiro atoms. The normalized spacial score (nSPS) is 19.9. The number of hydrogen-bond donors (Lipinski definition) is 0. The van der Waals surface area contributed by atoms with Gasteiger partial charge in [-0.2, -0.15) is 0 Å². The molecule has 1 fully saturated rings. The lowest BCUT2D eigenvalue weighted by Crippen LogP contribution is -2.27. The molecular weight excluding hydrogens is 176 g/mol. The maximum atomic E-state index is 11.6. The largest absolute Gasteiger partial charge is 0.465 e. The number of ether oxygens (including phenoxy) is 1. The predicted molar refractivity (Wildman–Crippen MR) is 56.9 cm³/mol. The summed E-state index contributed by atoms with van der Waals surface area (Å²) in [6.45, 7) is 7.94. The van der Waals surface area contributed by atoms with Crippen LogP contribution in [0.2, 0.25) is 0 Å². The van der Waals surface area contributed by atoms with Crippen molar-refractivity contribution in [2.24, 2.45) is 11.3 Å². The summed E-state index contributed by atoms with van der Waals surface area (Å²) in [6, 6.07) is 0. The first-order valence-electron chi connectivity index (χ1n) is 5.43. The number of hydrogen-bond acceptors (Lipinski definition) is 2. The lowest BCUT2D eigenvalue weighted by atomic mass is 9.85. The Hall–Kier alpha value is -0.790. The highest BCUT2D eigenvalue weighted by molar-refractivity contribution is 5.78. The summed E-state index contributed by atoms with van der Waals surface area (Å²) < 4.78 is 5.04. The molecule has 0 N–H and O–H groups in total. The van der Waals surface area contributed by atoms with Gasteiger partial charge in [-0.15, -0.1) is 6.58 Å². The molecule has 2 heteroatoms. The molecule has 0 bridgehead atoms. The van der Waals surface area contributed by atoms with Crippen molar-refractivity contribution in [2.45, 2.75) is 39.5 Å². The van der Waals surface area contributed by atoms with Gasteiger partial charge in [-0.1, -0.05) is 18.9 Å². The van der Waals surface area contributed by atoms with Crippen molar-refractivity contribution in [1.29, 1.82) is 0 Å². The van der Waals surface area contributed by atoms with Crippen LogP contribution in [-0.2, 0) is 9.53 Å². The first-order chi connectivity index (χ1) is 6.62. The van der Waals surface area contributed by atoms with E-state index in [9.17, 15) is 4.79 Å². The van der Waals surface area contributed by atoms with Gasteiger partial charge in [0, 0.05) is 0 Å². The highest BCUT2D eigenvalue weighted by Gasteiger charge is 2.33. The molecule has 0 aromatic rings. The third-order valence-corrected chi connectivity index (χ3v) is 2.96. The van der Waals surface area contributed by atoms with Gasteiger partial charge >= 0.3 is 5.97 Å². The van der Waals surface area contributed by atoms with Crippen molar-refractivity contribution in [3.05, 3.63) is 12.7 Å². The van der Waals surface area contributed by atoms with Crippen LogP contribution in [0.1, 0.15) is 39.5 Å². The van der Waals surface area contributed by atoms with Crippen molar-refractivity contribution in [1.82, 2.24) is 0 Å². The van der Waals surface area contributed by atoms with Crippen LogP contribution in [0.4, 0.5) is 0 Å². The molecule has 0 radical (unpaired) electrons. The van der Waals surface area contributed by atoms with Gasteiger partial charge in [0.15, 0.2) is 0 Å². The molecule has 1 rings (SSSR count). The second-order valence-electron chi connectivity index (χ2n) is 4.32. The fourth-order valence-electron chi connectivity index (χ4n) is 1.49. The maximum absolute atomic E-state index is 11.6. The van der Waals surface area contributed by atoms with Crippen LogP contribution in [-0.4, -0.2) is 12.6 Å². The Morgan fingerprint density at radius 1 is 1.64 bits per heavy atom. The Bertz CT molecular complexity index is 218. The Morgan fingerprint density at radius 2 is 2.29 bits per heavy atom. The predicted octanol–water partition coefficient (Wildman–Crippen LogP) is 2.93. The smallest absolute Gasteiger partial charge is 0.315 e. The molecule has 0 aromatic heterocycles. The van der Waals surface area contributed by atoms with Crippen LogP contribution < -0.4 is 0 Å². The SMILES string of the molecule is C=CC(C)(CCC1CC1)C(=O)OCC. The monoisotopic (exact) mass is 196 g/mol. The van der Waals surface area contributed by atoms with E-state index < -0.39 is 5.41 Å². The molecule has 0 saturated heterocycles. The summed E-state index contributed by atoms with van der Waals surface area (Å²) in [7, 11) is 0. The molecule has 0 amide bonds. The van der Waals surface area contributed by atoms with Crippen molar-refractivity contribution in [3.63, 3.8) is 0 Å². The second-order valence-corrected chi connectivity index (χ2v) is 4.32. The van der Waals surface area contributed by atoms with Crippen molar-refractivity contribution in [3.8, 4) is 0 Å². The lowest BCUT2D eigenvalue weighted by Gasteiger charge is -2.23. The molecule has 2 nitrogen and oxygen atoms in total. The van der Waals surface area contributed by atoms with Crippen LogP contribution in [0.15, 0.2) is 12.7 Å². The van der Waals surface area contributed by atoms with Crippen LogP contribution in [0, 0.1) is 11.3 Å². The van der Waals surface area contributed by atoms with Gasteiger partial charge in [0.25, 0.3) is 0 Å². The number of carbonyl (C=O) groups is 1. The summed E-state index contributed by atoms with van der Waals surface area (Å²) in [5, 5.41) is 0. The minimum absolute atomic E-state index is 0.129. The summed E-state index contributed by atoms with van der Waals surface area (Å²) in [5.74, 6) is 0.722. The van der Waals surface area contributed by atoms with E-state index in [0.717, 1.165) is 18.8 Å². The van der Waals surface area contributed by atoms with Gasteiger partial charge < -0.3 is 4.74 Å². The van der Waals surface area contributed by atoms with Gasteiger partial charge in [0.1, 0.15) is 0 Å². The molecule has 1 unspecified atom stereocenters. The van der Waals surface area contributed by atoms with E-state index in [-0.39, 0.29) is 5.97 Å². The standard InChI is InChI=1S/C12H20O2/c1-4-12(3,11(13)14-5-2)9-8-10-6-7-10/h4,10H,1,5-9H2,2-3H3. The summed E-state index contributed by atoms with van der Waals surface area (Å²) in [5.41, 5.74) is -0.474. The maximum Gasteiger partial charge on any atom is 0.315 e. The topological polar surface area (TPSA) is 26.3 Å². The van der Waals surface area contributed by atoms with E-state index in [1.54, 1.807) is 6.08 Å². The fourth-order valence-corrected chi connectivity index (χ4v) is 1.49. The van der Waals surface area contributed by atoms with E-state index in [0.29, 0.717) is 6.61 Å². The molecule has 0 aromatic carbocycles. The average molecular weight is 196 g/mol.